The molecule has 0 aromatic rings. The average Bonchev–Trinajstić information content (AvgIpc) is 2.51. The van der Waals surface area contributed by atoms with Gasteiger partial charge < -0.3 is 9.64 Å². The summed E-state index contributed by atoms with van der Waals surface area (Å²) in [5, 5.41) is 0. The topological polar surface area (TPSA) is 29.5 Å². The van der Waals surface area contributed by atoms with E-state index in [1.165, 1.54) is 64.2 Å². The fourth-order valence-corrected chi connectivity index (χ4v) is 3.90. The Morgan fingerprint density at radius 1 is 0.960 bits per heavy atom. The molecule has 1 aliphatic heterocycles. The van der Waals surface area contributed by atoms with E-state index in [2.05, 4.69) is 13.8 Å². The quantitative estimate of drug-likeness (QED) is 0.392. The summed E-state index contributed by atoms with van der Waals surface area (Å²) in [6, 6.07) is 0.690. The van der Waals surface area contributed by atoms with Crippen molar-refractivity contribution in [3.63, 3.8) is 0 Å². The third-order valence-electron chi connectivity index (χ3n) is 5.27. The van der Waals surface area contributed by atoms with E-state index in [4.69, 9.17) is 4.74 Å². The Hall–Kier alpha value is -0.730. The first-order valence-electron chi connectivity index (χ1n) is 10.9. The molecule has 25 heavy (non-hydrogen) atoms. The van der Waals surface area contributed by atoms with Crippen LogP contribution in [0, 0.1) is 0 Å². The number of hydrogen-bond acceptors (Lipinski definition) is 2. The fourth-order valence-electron chi connectivity index (χ4n) is 3.90. The molecule has 0 aromatic carbocycles. The minimum absolute atomic E-state index is 0.111. The lowest BCUT2D eigenvalue weighted by Crippen LogP contribution is -2.50. The highest BCUT2D eigenvalue weighted by molar-refractivity contribution is 5.69. The molecular weight excluding hydrogens is 310 g/mol. The van der Waals surface area contributed by atoms with Crippen LogP contribution in [0.1, 0.15) is 118 Å². The predicted octanol–water partition coefficient (Wildman–Crippen LogP) is 7.09. The Labute approximate surface area is 156 Å². The zero-order valence-corrected chi connectivity index (χ0v) is 17.6. The van der Waals surface area contributed by atoms with E-state index in [1.54, 1.807) is 0 Å². The standard InChI is InChI=1S/C22H43NO2/c1-6-7-8-9-10-11-12-13-14-17-20-18-15-16-19(2)23(20)21(24)25-22(3,4)5/h19-20H,6-18H2,1-5H3/t19-,20+/m0/s1. The van der Waals surface area contributed by atoms with Crippen molar-refractivity contribution in [2.45, 2.75) is 136 Å². The monoisotopic (exact) mass is 353 g/mol. The molecule has 0 unspecified atom stereocenters. The molecule has 1 rings (SSSR count). The molecule has 1 aliphatic rings. The van der Waals surface area contributed by atoms with Crippen molar-refractivity contribution in [1.82, 2.24) is 4.90 Å². The van der Waals surface area contributed by atoms with Crippen molar-refractivity contribution in [3.05, 3.63) is 0 Å². The van der Waals surface area contributed by atoms with Crippen LogP contribution >= 0.6 is 0 Å². The Bertz CT molecular complexity index is 362. The third kappa shape index (κ3) is 9.51. The highest BCUT2D eigenvalue weighted by atomic mass is 16.6. The van der Waals surface area contributed by atoms with Crippen molar-refractivity contribution in [2.75, 3.05) is 0 Å². The second-order valence-electron chi connectivity index (χ2n) is 8.94. The number of carbonyl (C=O) groups excluding carboxylic acids is 1. The van der Waals surface area contributed by atoms with Crippen molar-refractivity contribution in [1.29, 1.82) is 0 Å². The van der Waals surface area contributed by atoms with Gasteiger partial charge in [-0.2, -0.15) is 0 Å². The van der Waals surface area contributed by atoms with Crippen LogP contribution in [0.25, 0.3) is 0 Å². The smallest absolute Gasteiger partial charge is 0.410 e. The molecule has 0 aromatic heterocycles. The van der Waals surface area contributed by atoms with Crippen molar-refractivity contribution < 1.29 is 9.53 Å². The summed E-state index contributed by atoms with van der Waals surface area (Å²) < 4.78 is 5.66. The normalized spacial score (nSPS) is 21.4. The van der Waals surface area contributed by atoms with Gasteiger partial charge in [0.1, 0.15) is 5.60 Å². The molecular formula is C22H43NO2. The second-order valence-corrected chi connectivity index (χ2v) is 8.94. The summed E-state index contributed by atoms with van der Waals surface area (Å²) in [5.41, 5.74) is -0.406. The van der Waals surface area contributed by atoms with Crippen molar-refractivity contribution >= 4 is 6.09 Å². The van der Waals surface area contributed by atoms with Crippen LogP contribution in [0.3, 0.4) is 0 Å². The van der Waals surface area contributed by atoms with Crippen LogP contribution in [-0.4, -0.2) is 28.7 Å². The molecule has 0 N–H and O–H groups in total. The van der Waals surface area contributed by atoms with Crippen LogP contribution in [0.5, 0.6) is 0 Å². The zero-order chi connectivity index (χ0) is 18.7. The van der Waals surface area contributed by atoms with E-state index >= 15 is 0 Å². The number of nitrogens with zero attached hydrogens (tertiary/aromatic N) is 1. The summed E-state index contributed by atoms with van der Waals surface area (Å²) in [6.07, 6.45) is 16.7. The lowest BCUT2D eigenvalue weighted by atomic mass is 9.93. The second kappa shape index (κ2) is 11.8. The number of amides is 1. The summed E-state index contributed by atoms with van der Waals surface area (Å²) in [7, 11) is 0. The Morgan fingerprint density at radius 2 is 1.52 bits per heavy atom. The van der Waals surface area contributed by atoms with E-state index < -0.39 is 5.60 Å². The third-order valence-corrected chi connectivity index (χ3v) is 5.27. The molecule has 0 bridgehead atoms. The minimum Gasteiger partial charge on any atom is -0.444 e. The molecule has 148 valence electrons. The number of likely N-dealkylation sites (tertiary alicyclic amines) is 1. The summed E-state index contributed by atoms with van der Waals surface area (Å²) in [6.45, 7) is 10.3. The average molecular weight is 354 g/mol. The molecule has 1 amide bonds. The Balaban J connectivity index is 2.28. The van der Waals surface area contributed by atoms with E-state index in [1.807, 2.05) is 25.7 Å². The van der Waals surface area contributed by atoms with Gasteiger partial charge in [0.05, 0.1) is 0 Å². The molecule has 0 spiro atoms. The van der Waals surface area contributed by atoms with Crippen molar-refractivity contribution in [3.8, 4) is 0 Å². The molecule has 1 heterocycles. The molecule has 1 saturated heterocycles. The SMILES string of the molecule is CCCCCCCCCCC[C@@H]1CCC[C@H](C)N1C(=O)OC(C)(C)C. The van der Waals surface area contributed by atoms with E-state index in [-0.39, 0.29) is 6.09 Å². The predicted molar refractivity (Wildman–Crippen MR) is 107 cm³/mol. The maximum absolute atomic E-state index is 12.6. The molecule has 2 atom stereocenters. The minimum atomic E-state index is -0.406. The number of carbonyl (C=O) groups is 1. The molecule has 0 radical (unpaired) electrons. The first-order chi connectivity index (χ1) is 11.8. The van der Waals surface area contributed by atoms with Gasteiger partial charge in [-0.15, -0.1) is 0 Å². The highest BCUT2D eigenvalue weighted by Gasteiger charge is 2.34. The number of unbranched alkanes of at least 4 members (excludes halogenated alkanes) is 8. The van der Waals surface area contributed by atoms with E-state index in [9.17, 15) is 4.79 Å². The number of piperidine rings is 1. The summed E-state index contributed by atoms with van der Waals surface area (Å²) in [4.78, 5) is 14.6. The number of hydrogen-bond donors (Lipinski definition) is 0. The lowest BCUT2D eigenvalue weighted by Gasteiger charge is -2.41. The maximum atomic E-state index is 12.6. The first kappa shape index (κ1) is 22.3. The van der Waals surface area contributed by atoms with Crippen LogP contribution < -0.4 is 0 Å². The van der Waals surface area contributed by atoms with Crippen LogP contribution in [0.4, 0.5) is 4.79 Å². The molecule has 3 nitrogen and oxygen atoms in total. The van der Waals surface area contributed by atoms with Crippen LogP contribution in [0.2, 0.25) is 0 Å². The Morgan fingerprint density at radius 3 is 2.08 bits per heavy atom. The molecule has 3 heteroatoms. The van der Waals surface area contributed by atoms with Gasteiger partial charge in [0, 0.05) is 12.1 Å². The first-order valence-corrected chi connectivity index (χ1v) is 10.9. The van der Waals surface area contributed by atoms with Gasteiger partial charge in [-0.25, -0.2) is 4.79 Å². The van der Waals surface area contributed by atoms with Gasteiger partial charge >= 0.3 is 6.09 Å². The fraction of sp³-hybridized carbons (Fsp3) is 0.955. The van der Waals surface area contributed by atoms with Crippen molar-refractivity contribution in [2.24, 2.45) is 0 Å². The maximum Gasteiger partial charge on any atom is 0.410 e. The Kier molecular flexibility index (Phi) is 10.5. The number of ether oxygens (including phenoxy) is 1. The summed E-state index contributed by atoms with van der Waals surface area (Å²) >= 11 is 0. The molecule has 1 fully saturated rings. The highest BCUT2D eigenvalue weighted by Crippen LogP contribution is 2.28. The van der Waals surface area contributed by atoms with Gasteiger partial charge in [-0.3, -0.25) is 0 Å². The largest absolute Gasteiger partial charge is 0.444 e. The van der Waals surface area contributed by atoms with Gasteiger partial charge in [-0.05, 0) is 53.4 Å². The molecule has 0 aliphatic carbocycles. The van der Waals surface area contributed by atoms with E-state index in [0.717, 1.165) is 19.3 Å². The van der Waals surface area contributed by atoms with Gasteiger partial charge in [0.25, 0.3) is 0 Å². The van der Waals surface area contributed by atoms with Gasteiger partial charge in [-0.1, -0.05) is 64.7 Å². The van der Waals surface area contributed by atoms with Crippen LogP contribution in [-0.2, 0) is 4.74 Å². The van der Waals surface area contributed by atoms with Gasteiger partial charge in [0.2, 0.25) is 0 Å². The lowest BCUT2D eigenvalue weighted by molar-refractivity contribution is -0.00430. The summed E-state index contributed by atoms with van der Waals surface area (Å²) in [5.74, 6) is 0. The molecule has 0 saturated carbocycles. The van der Waals surface area contributed by atoms with Crippen LogP contribution in [0.15, 0.2) is 0 Å². The number of rotatable bonds is 10. The van der Waals surface area contributed by atoms with Gasteiger partial charge in [0.15, 0.2) is 0 Å². The zero-order valence-electron chi connectivity index (χ0n) is 17.6. The van der Waals surface area contributed by atoms with E-state index in [0.29, 0.717) is 12.1 Å².